The number of aliphatic hydroxyl groups excluding tert-OH is 1. The molecule has 4 atom stereocenters. The molecule has 202 valence electrons. The Morgan fingerprint density at radius 1 is 1.29 bits per heavy atom. The number of halogens is 1. The van der Waals surface area contributed by atoms with E-state index in [9.17, 15) is 18.3 Å². The lowest BCUT2D eigenvalue weighted by molar-refractivity contribution is 0.101. The largest absolute Gasteiger partial charge is 0.393 e. The lowest BCUT2D eigenvalue weighted by Gasteiger charge is -2.18. The van der Waals surface area contributed by atoms with Crippen LogP contribution in [0.25, 0.3) is 0 Å². The van der Waals surface area contributed by atoms with Crippen LogP contribution in [0.2, 0.25) is 4.34 Å². The van der Waals surface area contributed by atoms with Gasteiger partial charge in [0.1, 0.15) is 12.1 Å². The third-order valence-corrected chi connectivity index (χ3v) is 8.84. The first-order chi connectivity index (χ1) is 18.2. The molecule has 3 aromatic rings. The van der Waals surface area contributed by atoms with Gasteiger partial charge in [0.25, 0.3) is 0 Å². The molecule has 0 unspecified atom stereocenters. The van der Waals surface area contributed by atoms with Gasteiger partial charge in [0.05, 0.1) is 33.5 Å². The average molecular weight is 578 g/mol. The van der Waals surface area contributed by atoms with Crippen LogP contribution >= 0.6 is 22.9 Å². The average Bonchev–Trinajstić information content (AvgIpc) is 3.36. The smallest absolute Gasteiger partial charge is 0.333 e. The van der Waals surface area contributed by atoms with Crippen molar-refractivity contribution in [2.75, 3.05) is 18.5 Å². The predicted molar refractivity (Wildman–Crippen MR) is 145 cm³/mol. The number of carbonyl (C=O) groups excluding carboxylic acids is 1. The standard InChI is InChI=1S/C25H28ClN5O5S2/c26-24-18(22-17-6-2-1-4-14(17)5-3-7-29-22)10-21(37-24)23(33)19-11-28-13-30-25(19)31-16-8-15(20(32)9-16)12-36-38(27,34)35/h1-2,4,6,10-11,13,15-16,20,22,29,32H,3,5,7-9,12H2,(H2,27,34,35)(H,28,30,31)/t15-,16-,20+,22-/m1/s1. The summed E-state index contributed by atoms with van der Waals surface area (Å²) in [6, 6.07) is 9.75. The Kier molecular flexibility index (Phi) is 8.10. The van der Waals surface area contributed by atoms with Crippen molar-refractivity contribution in [3.63, 3.8) is 0 Å². The van der Waals surface area contributed by atoms with Gasteiger partial charge in [-0.25, -0.2) is 15.1 Å². The van der Waals surface area contributed by atoms with E-state index in [1.807, 2.05) is 18.2 Å². The maximum absolute atomic E-state index is 13.6. The molecule has 1 saturated carbocycles. The van der Waals surface area contributed by atoms with Crippen LogP contribution in [0.5, 0.6) is 0 Å². The summed E-state index contributed by atoms with van der Waals surface area (Å²) in [5, 5.41) is 22.0. The molecule has 0 bridgehead atoms. The molecule has 13 heteroatoms. The Morgan fingerprint density at radius 2 is 2.11 bits per heavy atom. The van der Waals surface area contributed by atoms with Crippen molar-refractivity contribution in [3.05, 3.63) is 74.3 Å². The van der Waals surface area contributed by atoms with Crippen LogP contribution in [0.4, 0.5) is 5.82 Å². The van der Waals surface area contributed by atoms with Gasteiger partial charge in [-0.3, -0.25) is 8.98 Å². The van der Waals surface area contributed by atoms with Gasteiger partial charge >= 0.3 is 10.3 Å². The second-order valence-corrected chi connectivity index (χ2v) is 12.4. The summed E-state index contributed by atoms with van der Waals surface area (Å²) < 4.78 is 27.4. The number of hydrogen-bond acceptors (Lipinski definition) is 10. The lowest BCUT2D eigenvalue weighted by atomic mass is 9.95. The third kappa shape index (κ3) is 6.07. The minimum atomic E-state index is -4.10. The number of hydrogen-bond donors (Lipinski definition) is 4. The number of nitrogens with two attached hydrogens (primary N) is 1. The number of nitrogens with one attached hydrogen (secondary N) is 2. The zero-order chi connectivity index (χ0) is 26.9. The number of aromatic nitrogens is 2. The van der Waals surface area contributed by atoms with E-state index in [4.69, 9.17) is 16.7 Å². The van der Waals surface area contributed by atoms with Gasteiger partial charge in [-0.05, 0) is 49.4 Å². The third-order valence-electron chi connectivity index (χ3n) is 6.99. The maximum atomic E-state index is 13.6. The fraction of sp³-hybridized carbons (Fsp3) is 0.400. The van der Waals surface area contributed by atoms with Crippen molar-refractivity contribution in [1.29, 1.82) is 0 Å². The summed E-state index contributed by atoms with van der Waals surface area (Å²) in [5.41, 5.74) is 3.57. The summed E-state index contributed by atoms with van der Waals surface area (Å²) in [4.78, 5) is 22.4. The van der Waals surface area contributed by atoms with E-state index in [1.54, 1.807) is 0 Å². The number of anilines is 1. The second kappa shape index (κ2) is 11.3. The van der Waals surface area contributed by atoms with Gasteiger partial charge in [0, 0.05) is 23.7 Å². The number of nitrogens with zero attached hydrogens (tertiary/aromatic N) is 2. The van der Waals surface area contributed by atoms with E-state index in [0.29, 0.717) is 27.9 Å². The van der Waals surface area contributed by atoms with E-state index in [0.717, 1.165) is 30.5 Å². The van der Waals surface area contributed by atoms with E-state index in [1.165, 1.54) is 29.4 Å². The maximum Gasteiger partial charge on any atom is 0.333 e. The quantitative estimate of drug-likeness (QED) is 0.295. The van der Waals surface area contributed by atoms with Crippen molar-refractivity contribution in [3.8, 4) is 0 Å². The molecule has 2 aromatic heterocycles. The second-order valence-electron chi connectivity index (χ2n) is 9.56. The highest BCUT2D eigenvalue weighted by Gasteiger charge is 2.35. The highest BCUT2D eigenvalue weighted by Crippen LogP contribution is 2.39. The Bertz CT molecular complexity index is 1430. The van der Waals surface area contributed by atoms with Crippen LogP contribution < -0.4 is 15.8 Å². The molecule has 1 aromatic carbocycles. The molecule has 1 aliphatic heterocycles. The molecular weight excluding hydrogens is 550 g/mol. The van der Waals surface area contributed by atoms with E-state index >= 15 is 0 Å². The topological polar surface area (TPSA) is 157 Å². The molecule has 3 heterocycles. The van der Waals surface area contributed by atoms with Gasteiger partial charge in [0.2, 0.25) is 5.78 Å². The molecule has 2 aliphatic rings. The van der Waals surface area contributed by atoms with Crippen molar-refractivity contribution < 1.29 is 22.5 Å². The molecule has 38 heavy (non-hydrogen) atoms. The summed E-state index contributed by atoms with van der Waals surface area (Å²) in [7, 11) is -4.10. The molecule has 1 fully saturated rings. The highest BCUT2D eigenvalue weighted by atomic mass is 35.5. The number of thiophene rings is 1. The van der Waals surface area contributed by atoms with Crippen LogP contribution in [0.1, 0.15) is 57.2 Å². The monoisotopic (exact) mass is 577 g/mol. The molecule has 0 radical (unpaired) electrons. The normalized spacial score (nSPS) is 23.6. The number of aryl methyl sites for hydroxylation is 1. The van der Waals surface area contributed by atoms with Crippen molar-refractivity contribution in [2.24, 2.45) is 11.1 Å². The highest BCUT2D eigenvalue weighted by molar-refractivity contribution is 7.84. The number of rotatable bonds is 8. The molecule has 0 saturated heterocycles. The number of fused-ring (bicyclic) bond motifs is 1. The SMILES string of the molecule is NS(=O)(=O)OC[C@H]1C[C@@H](Nc2ncncc2C(=O)c2cc([C@@H]3NCCCc4ccccc43)c(Cl)s2)C[C@@H]1O. The molecule has 5 N–H and O–H groups in total. The Balaban J connectivity index is 1.35. The number of aliphatic hydroxyl groups is 1. The Labute approximate surface area is 229 Å². The number of carbonyl (C=O) groups is 1. The van der Waals surface area contributed by atoms with Gasteiger partial charge in [-0.1, -0.05) is 35.9 Å². The van der Waals surface area contributed by atoms with Crippen molar-refractivity contribution in [1.82, 2.24) is 15.3 Å². The zero-order valence-corrected chi connectivity index (χ0v) is 22.7. The zero-order valence-electron chi connectivity index (χ0n) is 20.3. The van der Waals surface area contributed by atoms with Crippen LogP contribution in [-0.4, -0.2) is 54.6 Å². The van der Waals surface area contributed by atoms with Crippen molar-refractivity contribution >= 4 is 44.8 Å². The Morgan fingerprint density at radius 3 is 2.92 bits per heavy atom. The van der Waals surface area contributed by atoms with E-state index < -0.39 is 22.3 Å². The van der Waals surface area contributed by atoms with Crippen LogP contribution in [0.15, 0.2) is 42.9 Å². The van der Waals surface area contributed by atoms with E-state index in [-0.39, 0.29) is 30.0 Å². The number of ketones is 1. The minimum absolute atomic E-state index is 0.111. The molecule has 0 spiro atoms. The molecule has 5 rings (SSSR count). The summed E-state index contributed by atoms with van der Waals surface area (Å²) in [5.74, 6) is -0.361. The van der Waals surface area contributed by atoms with Crippen LogP contribution in [0, 0.1) is 5.92 Å². The van der Waals surface area contributed by atoms with Crippen molar-refractivity contribution in [2.45, 2.75) is 43.9 Å². The molecule has 1 aliphatic carbocycles. The number of benzene rings is 1. The van der Waals surface area contributed by atoms with Gasteiger partial charge < -0.3 is 15.7 Å². The Hall–Kier alpha value is -2.45. The first kappa shape index (κ1) is 27.1. The molecule has 10 nitrogen and oxygen atoms in total. The summed E-state index contributed by atoms with van der Waals surface area (Å²) >= 11 is 7.91. The molecule has 0 amide bonds. The van der Waals surface area contributed by atoms with E-state index in [2.05, 4.69) is 36.9 Å². The van der Waals surface area contributed by atoms with Crippen LogP contribution in [0.3, 0.4) is 0 Å². The van der Waals surface area contributed by atoms with Gasteiger partial charge in [-0.15, -0.1) is 11.3 Å². The fourth-order valence-corrected chi connectivity index (χ4v) is 6.82. The summed E-state index contributed by atoms with van der Waals surface area (Å²) in [6.07, 6.45) is 4.75. The lowest BCUT2D eigenvalue weighted by Crippen LogP contribution is -2.24. The first-order valence-corrected chi connectivity index (χ1v) is 14.9. The predicted octanol–water partition coefficient (Wildman–Crippen LogP) is 2.82. The van der Waals surface area contributed by atoms with Crippen LogP contribution in [-0.2, 0) is 20.9 Å². The minimum Gasteiger partial charge on any atom is -0.393 e. The summed E-state index contributed by atoms with van der Waals surface area (Å²) in [6.45, 7) is 0.619. The van der Waals surface area contributed by atoms with Gasteiger partial charge in [-0.2, -0.15) is 8.42 Å². The molecular formula is C25H28ClN5O5S2. The van der Waals surface area contributed by atoms with Gasteiger partial charge in [0.15, 0.2) is 0 Å². The fourth-order valence-electron chi connectivity index (χ4n) is 5.17. The first-order valence-electron chi connectivity index (χ1n) is 12.3.